The van der Waals surface area contributed by atoms with Crippen LogP contribution < -0.4 is 15.5 Å². The molecule has 8 nitrogen and oxygen atoms in total. The minimum absolute atomic E-state index is 0.0728. The standard InChI is InChI=1S/C23H19ClFNO7/c24-16-3-1-2-15-19(27)11-20(33-21(15)16)22(28)26-18-5-4-13(10-17(18)25)31-6-7-32-14-8-12(9-14)23(29)30/h1-5,10-12,14H,6-9H2,(H,26,28)(H,29,30). The molecule has 1 aromatic heterocycles. The highest BCUT2D eigenvalue weighted by Gasteiger charge is 2.34. The summed E-state index contributed by atoms with van der Waals surface area (Å²) in [6, 6.07) is 9.55. The van der Waals surface area contributed by atoms with Crippen LogP contribution in [0, 0.1) is 11.7 Å². The minimum atomic E-state index is -0.819. The van der Waals surface area contributed by atoms with Crippen molar-refractivity contribution in [2.75, 3.05) is 18.5 Å². The van der Waals surface area contributed by atoms with Crippen LogP contribution in [-0.2, 0) is 9.53 Å². The first-order valence-corrected chi connectivity index (χ1v) is 10.5. The number of anilines is 1. The first kappa shape index (κ1) is 22.8. The average molecular weight is 476 g/mol. The number of fused-ring (bicyclic) bond motifs is 1. The van der Waals surface area contributed by atoms with E-state index >= 15 is 0 Å². The van der Waals surface area contributed by atoms with Crippen LogP contribution in [0.3, 0.4) is 0 Å². The Hall–Kier alpha value is -3.43. The summed E-state index contributed by atoms with van der Waals surface area (Å²) in [4.78, 5) is 35.5. The zero-order chi connectivity index (χ0) is 23.5. The van der Waals surface area contributed by atoms with Crippen LogP contribution in [0.2, 0.25) is 5.02 Å². The summed E-state index contributed by atoms with van der Waals surface area (Å²) in [5.74, 6) is -2.80. The van der Waals surface area contributed by atoms with Crippen molar-refractivity contribution >= 4 is 40.1 Å². The van der Waals surface area contributed by atoms with E-state index in [1.165, 1.54) is 24.3 Å². The lowest BCUT2D eigenvalue weighted by atomic mass is 9.82. The third kappa shape index (κ3) is 5.15. The van der Waals surface area contributed by atoms with Crippen molar-refractivity contribution in [3.8, 4) is 5.75 Å². The highest BCUT2D eigenvalue weighted by atomic mass is 35.5. The van der Waals surface area contributed by atoms with E-state index in [2.05, 4.69) is 5.32 Å². The highest BCUT2D eigenvalue weighted by molar-refractivity contribution is 6.34. The van der Waals surface area contributed by atoms with Gasteiger partial charge in [-0.05, 0) is 37.1 Å². The van der Waals surface area contributed by atoms with Crippen molar-refractivity contribution in [1.82, 2.24) is 0 Å². The first-order valence-electron chi connectivity index (χ1n) is 10.1. The van der Waals surface area contributed by atoms with Gasteiger partial charge in [-0.15, -0.1) is 0 Å². The summed E-state index contributed by atoms with van der Waals surface area (Å²) in [7, 11) is 0. The fourth-order valence-corrected chi connectivity index (χ4v) is 3.62. The maximum atomic E-state index is 14.4. The van der Waals surface area contributed by atoms with Gasteiger partial charge in [0.05, 0.1) is 34.7 Å². The lowest BCUT2D eigenvalue weighted by Gasteiger charge is -2.31. The summed E-state index contributed by atoms with van der Waals surface area (Å²) < 4.78 is 30.8. The third-order valence-electron chi connectivity index (χ3n) is 5.27. The Balaban J connectivity index is 1.33. The predicted molar refractivity (Wildman–Crippen MR) is 117 cm³/mol. The molecule has 1 fully saturated rings. The van der Waals surface area contributed by atoms with Crippen LogP contribution >= 0.6 is 11.6 Å². The number of amides is 1. The molecule has 0 spiro atoms. The Morgan fingerprint density at radius 1 is 1.18 bits per heavy atom. The summed E-state index contributed by atoms with van der Waals surface area (Å²) in [5, 5.41) is 11.6. The molecule has 10 heteroatoms. The molecule has 1 heterocycles. The first-order chi connectivity index (χ1) is 15.8. The quantitative estimate of drug-likeness (QED) is 0.471. The van der Waals surface area contributed by atoms with Gasteiger partial charge in [-0.2, -0.15) is 0 Å². The molecule has 1 aliphatic carbocycles. The molecule has 2 aromatic carbocycles. The van der Waals surface area contributed by atoms with E-state index in [9.17, 15) is 18.8 Å². The molecule has 1 saturated carbocycles. The maximum absolute atomic E-state index is 14.4. The van der Waals surface area contributed by atoms with Crippen LogP contribution in [-0.4, -0.2) is 36.3 Å². The molecule has 1 aliphatic rings. The number of hydrogen-bond acceptors (Lipinski definition) is 6. The molecular formula is C23H19ClFNO7. The van der Waals surface area contributed by atoms with E-state index in [4.69, 9.17) is 30.6 Å². The monoisotopic (exact) mass is 475 g/mol. The molecule has 0 aliphatic heterocycles. The molecule has 1 amide bonds. The zero-order valence-electron chi connectivity index (χ0n) is 17.2. The number of hydrogen-bond donors (Lipinski definition) is 2. The van der Waals surface area contributed by atoms with Crippen LogP contribution in [0.25, 0.3) is 11.0 Å². The molecule has 4 rings (SSSR count). The molecule has 0 bridgehead atoms. The zero-order valence-corrected chi connectivity index (χ0v) is 17.9. The van der Waals surface area contributed by atoms with E-state index < -0.39 is 23.1 Å². The number of ether oxygens (including phenoxy) is 2. The van der Waals surface area contributed by atoms with Crippen molar-refractivity contribution in [2.45, 2.75) is 18.9 Å². The second kappa shape index (κ2) is 9.60. The number of benzene rings is 2. The van der Waals surface area contributed by atoms with Crippen molar-refractivity contribution < 1.29 is 33.0 Å². The van der Waals surface area contributed by atoms with Gasteiger partial charge < -0.3 is 24.3 Å². The summed E-state index contributed by atoms with van der Waals surface area (Å²) in [6.07, 6.45) is 0.845. The number of aliphatic carboxylic acids is 1. The van der Waals surface area contributed by atoms with Gasteiger partial charge in [0.15, 0.2) is 16.8 Å². The fourth-order valence-electron chi connectivity index (χ4n) is 3.40. The SMILES string of the molecule is O=C(Nc1ccc(OCCOC2CC(C(=O)O)C2)cc1F)c1cc(=O)c2cccc(Cl)c2o1. The van der Waals surface area contributed by atoms with Crippen LogP contribution in [0.4, 0.5) is 10.1 Å². The Bertz CT molecular complexity index is 1270. The lowest BCUT2D eigenvalue weighted by Crippen LogP contribution is -2.36. The Morgan fingerprint density at radius 3 is 2.70 bits per heavy atom. The van der Waals surface area contributed by atoms with Gasteiger partial charge >= 0.3 is 5.97 Å². The number of rotatable bonds is 8. The molecular weight excluding hydrogens is 457 g/mol. The second-order valence-electron chi connectivity index (χ2n) is 7.54. The summed E-state index contributed by atoms with van der Waals surface area (Å²) in [5.41, 5.74) is -0.501. The van der Waals surface area contributed by atoms with Crippen LogP contribution in [0.1, 0.15) is 23.4 Å². The topological polar surface area (TPSA) is 115 Å². The van der Waals surface area contributed by atoms with Gasteiger partial charge in [-0.3, -0.25) is 14.4 Å². The summed E-state index contributed by atoms with van der Waals surface area (Å²) in [6.45, 7) is 0.392. The van der Waals surface area contributed by atoms with Crippen molar-refractivity contribution in [2.24, 2.45) is 5.92 Å². The third-order valence-corrected chi connectivity index (χ3v) is 5.57. The number of halogens is 2. The van der Waals surface area contributed by atoms with E-state index in [0.717, 1.165) is 12.1 Å². The van der Waals surface area contributed by atoms with Gasteiger partial charge in [0.25, 0.3) is 5.91 Å². The van der Waals surface area contributed by atoms with Crippen LogP contribution in [0.15, 0.2) is 51.7 Å². The smallest absolute Gasteiger partial charge is 0.306 e. The number of carboxylic acid groups (broad SMARTS) is 1. The van der Waals surface area contributed by atoms with Crippen molar-refractivity contribution in [1.29, 1.82) is 0 Å². The largest absolute Gasteiger partial charge is 0.491 e. The number of nitrogens with one attached hydrogen (secondary N) is 1. The van der Waals surface area contributed by atoms with Gasteiger partial charge in [0, 0.05) is 12.1 Å². The molecule has 0 radical (unpaired) electrons. The van der Waals surface area contributed by atoms with Crippen molar-refractivity contribution in [3.05, 3.63) is 69.3 Å². The molecule has 33 heavy (non-hydrogen) atoms. The minimum Gasteiger partial charge on any atom is -0.491 e. The van der Waals surface area contributed by atoms with E-state index in [1.54, 1.807) is 6.07 Å². The van der Waals surface area contributed by atoms with E-state index in [1.807, 2.05) is 0 Å². The Morgan fingerprint density at radius 2 is 1.97 bits per heavy atom. The maximum Gasteiger partial charge on any atom is 0.306 e. The van der Waals surface area contributed by atoms with Crippen molar-refractivity contribution in [3.63, 3.8) is 0 Å². The molecule has 3 aromatic rings. The number of carboxylic acids is 1. The molecule has 172 valence electrons. The molecule has 0 unspecified atom stereocenters. The second-order valence-corrected chi connectivity index (χ2v) is 7.94. The van der Waals surface area contributed by atoms with Gasteiger partial charge in [0.1, 0.15) is 18.2 Å². The van der Waals surface area contributed by atoms with Gasteiger partial charge in [-0.25, -0.2) is 4.39 Å². The molecule has 0 saturated heterocycles. The molecule has 2 N–H and O–H groups in total. The highest BCUT2D eigenvalue weighted by Crippen LogP contribution is 2.30. The predicted octanol–water partition coefficient (Wildman–Crippen LogP) is 4.10. The Kier molecular flexibility index (Phi) is 6.62. The van der Waals surface area contributed by atoms with Gasteiger partial charge in [-0.1, -0.05) is 17.7 Å². The number of carbonyl (C=O) groups excluding carboxylic acids is 1. The van der Waals surface area contributed by atoms with E-state index in [-0.39, 0.29) is 58.4 Å². The fraction of sp³-hybridized carbons (Fsp3) is 0.261. The lowest BCUT2D eigenvalue weighted by molar-refractivity contribution is -0.151. The average Bonchev–Trinajstić information content (AvgIpc) is 2.74. The summed E-state index contributed by atoms with van der Waals surface area (Å²) >= 11 is 6.04. The number of para-hydroxylation sites is 1. The Labute approximate surface area is 191 Å². The van der Waals surface area contributed by atoms with Gasteiger partial charge in [0.2, 0.25) is 0 Å². The molecule has 0 atom stereocenters. The van der Waals surface area contributed by atoms with E-state index in [0.29, 0.717) is 12.8 Å². The number of carbonyl (C=O) groups is 2. The normalized spacial score (nSPS) is 17.4. The van der Waals surface area contributed by atoms with Crippen LogP contribution in [0.5, 0.6) is 5.75 Å².